The average molecular weight is 394 g/mol. The molecule has 2 aliphatic carbocycles. The number of carbonyl (C=O) groups excluding carboxylic acids is 2. The fraction of sp³-hybridized carbons (Fsp3) is 0.909. The molecular formula is C22H39N3O3. The summed E-state index contributed by atoms with van der Waals surface area (Å²) in [5.41, 5.74) is 6.14. The number of piperidine rings is 1. The van der Waals surface area contributed by atoms with Gasteiger partial charge in [-0.25, -0.2) is 0 Å². The van der Waals surface area contributed by atoms with Crippen LogP contribution in [-0.2, 0) is 14.3 Å². The number of nitrogens with one attached hydrogen (secondary N) is 1. The van der Waals surface area contributed by atoms with Gasteiger partial charge in [-0.2, -0.15) is 0 Å². The van der Waals surface area contributed by atoms with E-state index in [-0.39, 0.29) is 24.0 Å². The first kappa shape index (κ1) is 21.6. The molecule has 0 bridgehead atoms. The van der Waals surface area contributed by atoms with Crippen molar-refractivity contribution in [2.24, 2.45) is 17.6 Å². The smallest absolute Gasteiger partial charge is 0.312 e. The van der Waals surface area contributed by atoms with Crippen LogP contribution in [0.5, 0.6) is 0 Å². The Kier molecular flexibility index (Phi) is 8.15. The molecule has 3 atom stereocenters. The topological polar surface area (TPSA) is 84.7 Å². The van der Waals surface area contributed by atoms with Crippen molar-refractivity contribution >= 4 is 11.9 Å². The SMILES string of the molecule is COC(=O)C1CN(C(=O)C(CC2CCCCC2)NC2CCCCC2)CCC1N. The number of hydrogen-bond acceptors (Lipinski definition) is 5. The van der Waals surface area contributed by atoms with E-state index in [2.05, 4.69) is 5.32 Å². The maximum atomic E-state index is 13.5. The monoisotopic (exact) mass is 393 g/mol. The van der Waals surface area contributed by atoms with Gasteiger partial charge in [0.25, 0.3) is 0 Å². The van der Waals surface area contributed by atoms with E-state index in [9.17, 15) is 9.59 Å². The van der Waals surface area contributed by atoms with Crippen LogP contribution in [0, 0.1) is 11.8 Å². The predicted octanol–water partition coefficient (Wildman–Crippen LogP) is 2.60. The fourth-order valence-electron chi connectivity index (χ4n) is 5.34. The van der Waals surface area contributed by atoms with E-state index in [0.717, 1.165) is 6.42 Å². The third-order valence-corrected chi connectivity index (χ3v) is 7.12. The highest BCUT2D eigenvalue weighted by Crippen LogP contribution is 2.29. The maximum absolute atomic E-state index is 13.5. The summed E-state index contributed by atoms with van der Waals surface area (Å²) in [4.78, 5) is 27.4. The number of amides is 1. The number of esters is 1. The van der Waals surface area contributed by atoms with Gasteiger partial charge in [0.15, 0.2) is 0 Å². The molecule has 0 aromatic rings. The van der Waals surface area contributed by atoms with Crippen LogP contribution in [0.25, 0.3) is 0 Å². The average Bonchev–Trinajstić information content (AvgIpc) is 2.74. The van der Waals surface area contributed by atoms with Crippen molar-refractivity contribution in [3.63, 3.8) is 0 Å². The molecule has 28 heavy (non-hydrogen) atoms. The lowest BCUT2D eigenvalue weighted by Gasteiger charge is -2.39. The van der Waals surface area contributed by atoms with Crippen LogP contribution < -0.4 is 11.1 Å². The number of hydrogen-bond donors (Lipinski definition) is 2. The molecule has 160 valence electrons. The first-order valence-corrected chi connectivity index (χ1v) is 11.5. The summed E-state index contributed by atoms with van der Waals surface area (Å²) in [6.45, 7) is 1.03. The summed E-state index contributed by atoms with van der Waals surface area (Å²) in [6, 6.07) is 0.105. The molecular weight excluding hydrogens is 354 g/mol. The molecule has 1 amide bonds. The van der Waals surface area contributed by atoms with Crippen LogP contribution in [0.3, 0.4) is 0 Å². The molecule has 3 unspecified atom stereocenters. The molecule has 3 aliphatic rings. The van der Waals surface area contributed by atoms with Crippen LogP contribution in [-0.4, -0.2) is 55.1 Å². The van der Waals surface area contributed by atoms with E-state index >= 15 is 0 Å². The molecule has 1 saturated heterocycles. The first-order chi connectivity index (χ1) is 13.6. The Morgan fingerprint density at radius 3 is 2.32 bits per heavy atom. The van der Waals surface area contributed by atoms with Crippen LogP contribution in [0.15, 0.2) is 0 Å². The lowest BCUT2D eigenvalue weighted by atomic mass is 9.83. The number of nitrogens with zero attached hydrogens (tertiary/aromatic N) is 1. The Hall–Kier alpha value is -1.14. The van der Waals surface area contributed by atoms with E-state index in [1.54, 1.807) is 0 Å². The van der Waals surface area contributed by atoms with Crippen molar-refractivity contribution in [3.8, 4) is 0 Å². The molecule has 6 nitrogen and oxygen atoms in total. The molecule has 0 aromatic heterocycles. The van der Waals surface area contributed by atoms with E-state index in [1.165, 1.54) is 71.3 Å². The quantitative estimate of drug-likeness (QED) is 0.678. The molecule has 3 rings (SSSR count). The Morgan fingerprint density at radius 1 is 1.04 bits per heavy atom. The molecule has 0 radical (unpaired) electrons. The van der Waals surface area contributed by atoms with E-state index < -0.39 is 5.92 Å². The molecule has 1 heterocycles. The maximum Gasteiger partial charge on any atom is 0.312 e. The van der Waals surface area contributed by atoms with E-state index in [1.807, 2.05) is 4.90 Å². The molecule has 6 heteroatoms. The van der Waals surface area contributed by atoms with Gasteiger partial charge < -0.3 is 20.7 Å². The first-order valence-electron chi connectivity index (χ1n) is 11.5. The number of rotatable bonds is 6. The highest BCUT2D eigenvalue weighted by atomic mass is 16.5. The van der Waals surface area contributed by atoms with Crippen LogP contribution in [0.2, 0.25) is 0 Å². The molecule has 3 fully saturated rings. The van der Waals surface area contributed by atoms with Crippen molar-refractivity contribution in [1.82, 2.24) is 10.2 Å². The van der Waals surface area contributed by atoms with Crippen molar-refractivity contribution in [2.75, 3.05) is 20.2 Å². The molecule has 1 aliphatic heterocycles. The molecule has 2 saturated carbocycles. The summed E-state index contributed by atoms with van der Waals surface area (Å²) >= 11 is 0. The van der Waals surface area contributed by atoms with Gasteiger partial charge in [-0.05, 0) is 31.6 Å². The third-order valence-electron chi connectivity index (χ3n) is 7.12. The second kappa shape index (κ2) is 10.6. The van der Waals surface area contributed by atoms with Gasteiger partial charge in [0.2, 0.25) is 5.91 Å². The minimum absolute atomic E-state index is 0.126. The summed E-state index contributed by atoms with van der Waals surface area (Å²) in [6.07, 6.45) is 14.1. The van der Waals surface area contributed by atoms with Crippen molar-refractivity contribution in [2.45, 2.75) is 95.2 Å². The third kappa shape index (κ3) is 5.69. The van der Waals surface area contributed by atoms with Crippen molar-refractivity contribution < 1.29 is 14.3 Å². The Morgan fingerprint density at radius 2 is 1.68 bits per heavy atom. The fourth-order valence-corrected chi connectivity index (χ4v) is 5.34. The number of carbonyl (C=O) groups is 2. The van der Waals surface area contributed by atoms with Gasteiger partial charge in [0.1, 0.15) is 0 Å². The summed E-state index contributed by atoms with van der Waals surface area (Å²) in [5, 5.41) is 3.73. The highest BCUT2D eigenvalue weighted by molar-refractivity contribution is 5.83. The van der Waals surface area contributed by atoms with Gasteiger partial charge in [-0.3, -0.25) is 9.59 Å². The molecule has 0 spiro atoms. The van der Waals surface area contributed by atoms with Crippen LogP contribution in [0.1, 0.15) is 77.0 Å². The Balaban J connectivity index is 1.66. The zero-order valence-corrected chi connectivity index (χ0v) is 17.5. The van der Waals surface area contributed by atoms with Gasteiger partial charge in [-0.1, -0.05) is 51.4 Å². The lowest BCUT2D eigenvalue weighted by Crippen LogP contribution is -2.57. The van der Waals surface area contributed by atoms with Gasteiger partial charge in [0, 0.05) is 25.2 Å². The van der Waals surface area contributed by atoms with Gasteiger partial charge in [0.05, 0.1) is 19.1 Å². The zero-order chi connectivity index (χ0) is 19.9. The van der Waals surface area contributed by atoms with Crippen molar-refractivity contribution in [1.29, 1.82) is 0 Å². The summed E-state index contributed by atoms with van der Waals surface area (Å²) in [5.74, 6) is 0.0981. The molecule has 3 N–H and O–H groups in total. The highest BCUT2D eigenvalue weighted by Gasteiger charge is 2.38. The van der Waals surface area contributed by atoms with Gasteiger partial charge >= 0.3 is 5.97 Å². The van der Waals surface area contributed by atoms with Crippen LogP contribution >= 0.6 is 0 Å². The zero-order valence-electron chi connectivity index (χ0n) is 17.5. The molecule has 0 aromatic carbocycles. The van der Waals surface area contributed by atoms with Crippen molar-refractivity contribution in [3.05, 3.63) is 0 Å². The second-order valence-electron chi connectivity index (χ2n) is 9.16. The Bertz CT molecular complexity index is 495. The summed E-state index contributed by atoms with van der Waals surface area (Å²) in [7, 11) is 1.40. The minimum atomic E-state index is -0.410. The lowest BCUT2D eigenvalue weighted by molar-refractivity contribution is -0.150. The Labute approximate surface area is 169 Å². The minimum Gasteiger partial charge on any atom is -0.469 e. The number of nitrogens with two attached hydrogens (primary N) is 1. The standard InChI is InChI=1S/C22H39N3O3/c1-28-22(27)18-15-25(13-12-19(18)23)21(26)20(14-16-8-4-2-5-9-16)24-17-10-6-3-7-11-17/h16-20,24H,2-15,23H2,1H3. The normalized spacial score (nSPS) is 28.7. The number of ether oxygens (including phenoxy) is 1. The largest absolute Gasteiger partial charge is 0.469 e. The number of likely N-dealkylation sites (tertiary alicyclic amines) is 1. The predicted molar refractivity (Wildman–Crippen MR) is 110 cm³/mol. The van der Waals surface area contributed by atoms with E-state index in [0.29, 0.717) is 31.5 Å². The second-order valence-corrected chi connectivity index (χ2v) is 9.16. The summed E-state index contributed by atoms with van der Waals surface area (Å²) < 4.78 is 4.92. The van der Waals surface area contributed by atoms with Crippen LogP contribution in [0.4, 0.5) is 0 Å². The van der Waals surface area contributed by atoms with Gasteiger partial charge in [-0.15, -0.1) is 0 Å². The number of methoxy groups -OCH3 is 1. The van der Waals surface area contributed by atoms with E-state index in [4.69, 9.17) is 10.5 Å².